The number of pyridine rings is 2. The van der Waals surface area contributed by atoms with Crippen LogP contribution in [0.2, 0.25) is 0 Å². The summed E-state index contributed by atoms with van der Waals surface area (Å²) in [5.74, 6) is 0.490. The molecule has 9 heteroatoms. The zero-order valence-electron chi connectivity index (χ0n) is 17.1. The molecule has 5 aromatic rings. The first-order chi connectivity index (χ1) is 15.8. The molecule has 6 heterocycles. The summed E-state index contributed by atoms with van der Waals surface area (Å²) in [4.78, 5) is 15.4. The van der Waals surface area contributed by atoms with Crippen LogP contribution in [0, 0.1) is 5.82 Å². The second-order valence-electron chi connectivity index (χ2n) is 7.72. The fourth-order valence-electron chi connectivity index (χ4n) is 4.29. The summed E-state index contributed by atoms with van der Waals surface area (Å²) in [6.07, 6.45) is 14.3. The third-order valence-corrected chi connectivity index (χ3v) is 5.83. The van der Waals surface area contributed by atoms with Crippen molar-refractivity contribution in [3.8, 4) is 16.8 Å². The molecule has 0 radical (unpaired) electrons. The fraction of sp³-hybridized carbons (Fsp3) is 0.174. The second kappa shape index (κ2) is 7.52. The smallest absolute Gasteiger partial charge is 0.183 e. The summed E-state index contributed by atoms with van der Waals surface area (Å²) in [7, 11) is 0. The van der Waals surface area contributed by atoms with Gasteiger partial charge in [-0.15, -0.1) is 0 Å². The highest BCUT2D eigenvalue weighted by Gasteiger charge is 2.30. The summed E-state index contributed by atoms with van der Waals surface area (Å²) in [5, 5.41) is 8.94. The van der Waals surface area contributed by atoms with E-state index in [9.17, 15) is 4.39 Å². The van der Waals surface area contributed by atoms with Gasteiger partial charge < -0.3 is 4.90 Å². The van der Waals surface area contributed by atoms with Crippen molar-refractivity contribution in [1.29, 1.82) is 0 Å². The Labute approximate surface area is 183 Å². The molecule has 0 N–H and O–H groups in total. The number of nitrogens with zero attached hydrogens (tertiary/aromatic N) is 8. The van der Waals surface area contributed by atoms with Gasteiger partial charge in [-0.2, -0.15) is 10.2 Å². The number of fused-ring (bicyclic) bond motifs is 1. The predicted octanol–water partition coefficient (Wildman–Crippen LogP) is 3.85. The van der Waals surface area contributed by atoms with Gasteiger partial charge in [0.05, 0.1) is 24.1 Å². The molecular weight excluding hydrogens is 407 g/mol. The van der Waals surface area contributed by atoms with Gasteiger partial charge in [0.25, 0.3) is 0 Å². The quantitative estimate of drug-likeness (QED) is 0.434. The maximum atomic E-state index is 14.4. The molecule has 1 aliphatic heterocycles. The summed E-state index contributed by atoms with van der Waals surface area (Å²) < 4.78 is 17.9. The Balaban J connectivity index is 1.38. The topological polar surface area (TPSA) is 77.0 Å². The minimum Gasteiger partial charge on any atom is -0.348 e. The molecule has 1 fully saturated rings. The van der Waals surface area contributed by atoms with Crippen LogP contribution in [-0.4, -0.2) is 40.9 Å². The molecule has 0 unspecified atom stereocenters. The summed E-state index contributed by atoms with van der Waals surface area (Å²) in [6, 6.07) is 8.74. The van der Waals surface area contributed by atoms with E-state index in [1.807, 2.05) is 36.8 Å². The molecule has 0 saturated carbocycles. The van der Waals surface area contributed by atoms with Gasteiger partial charge in [0.15, 0.2) is 5.65 Å². The van der Waals surface area contributed by atoms with Gasteiger partial charge >= 0.3 is 0 Å². The Bertz CT molecular complexity index is 1390. The Morgan fingerprint density at radius 1 is 0.969 bits per heavy atom. The van der Waals surface area contributed by atoms with Crippen molar-refractivity contribution in [2.45, 2.75) is 18.9 Å². The van der Waals surface area contributed by atoms with Gasteiger partial charge in [-0.3, -0.25) is 9.97 Å². The molecular formula is C23H19FN8. The molecule has 1 aliphatic rings. The lowest BCUT2D eigenvalue weighted by Crippen LogP contribution is -2.25. The minimum atomic E-state index is -0.282. The van der Waals surface area contributed by atoms with Gasteiger partial charge in [0.2, 0.25) is 0 Å². The lowest BCUT2D eigenvalue weighted by Gasteiger charge is -2.25. The summed E-state index contributed by atoms with van der Waals surface area (Å²) >= 11 is 0. The maximum Gasteiger partial charge on any atom is 0.183 e. The number of halogens is 1. The van der Waals surface area contributed by atoms with Crippen LogP contribution in [0.5, 0.6) is 0 Å². The van der Waals surface area contributed by atoms with E-state index in [4.69, 9.17) is 4.98 Å². The fourth-order valence-corrected chi connectivity index (χ4v) is 4.29. The predicted molar refractivity (Wildman–Crippen MR) is 117 cm³/mol. The van der Waals surface area contributed by atoms with Gasteiger partial charge in [0.1, 0.15) is 17.3 Å². The number of anilines is 1. The molecule has 0 aromatic carbocycles. The third kappa shape index (κ3) is 3.09. The molecule has 0 bridgehead atoms. The van der Waals surface area contributed by atoms with E-state index in [1.54, 1.807) is 40.1 Å². The first-order valence-corrected chi connectivity index (χ1v) is 10.4. The van der Waals surface area contributed by atoms with E-state index in [0.717, 1.165) is 42.0 Å². The van der Waals surface area contributed by atoms with Gasteiger partial charge in [0, 0.05) is 43.1 Å². The van der Waals surface area contributed by atoms with Crippen LogP contribution in [0.4, 0.5) is 10.2 Å². The first-order valence-electron chi connectivity index (χ1n) is 10.4. The van der Waals surface area contributed by atoms with E-state index >= 15 is 0 Å². The molecule has 8 nitrogen and oxygen atoms in total. The van der Waals surface area contributed by atoms with E-state index in [1.165, 1.54) is 6.07 Å². The number of aromatic nitrogens is 7. The SMILES string of the molecule is Fc1cccnc1[C@H]1CCCN1c1ccn2ncc(-n3cc(-c4ccncc4)cn3)c2n1. The highest BCUT2D eigenvalue weighted by atomic mass is 19.1. The molecule has 5 aromatic heterocycles. The number of hydrogen-bond acceptors (Lipinski definition) is 6. The van der Waals surface area contributed by atoms with Crippen LogP contribution in [0.25, 0.3) is 22.5 Å². The van der Waals surface area contributed by atoms with Crippen molar-refractivity contribution in [2.24, 2.45) is 0 Å². The Morgan fingerprint density at radius 3 is 2.75 bits per heavy atom. The van der Waals surface area contributed by atoms with Crippen LogP contribution >= 0.6 is 0 Å². The lowest BCUT2D eigenvalue weighted by atomic mass is 10.1. The van der Waals surface area contributed by atoms with Crippen LogP contribution < -0.4 is 4.90 Å². The standard InChI is InChI=1S/C23H19FN8/c24-18-3-1-8-26-22(18)19-4-2-11-30(19)21-7-12-31-23(29-21)20(14-28-31)32-15-17(13-27-32)16-5-9-25-10-6-16/h1,3,5-10,12-15,19H,2,4,11H2/t19-/m1/s1. The average Bonchev–Trinajstić information content (AvgIpc) is 3.58. The van der Waals surface area contributed by atoms with Crippen LogP contribution in [0.1, 0.15) is 24.6 Å². The minimum absolute atomic E-state index is 0.138. The van der Waals surface area contributed by atoms with Crippen molar-refractivity contribution in [3.63, 3.8) is 0 Å². The van der Waals surface area contributed by atoms with Gasteiger partial charge in [-0.05, 0) is 48.7 Å². The van der Waals surface area contributed by atoms with Crippen molar-refractivity contribution >= 4 is 11.5 Å². The second-order valence-corrected chi connectivity index (χ2v) is 7.72. The molecule has 0 amide bonds. The molecule has 0 spiro atoms. The molecule has 6 rings (SSSR count). The van der Waals surface area contributed by atoms with Crippen LogP contribution in [-0.2, 0) is 0 Å². The van der Waals surface area contributed by atoms with Crippen molar-refractivity contribution in [2.75, 3.05) is 11.4 Å². The molecule has 158 valence electrons. The van der Waals surface area contributed by atoms with Crippen LogP contribution in [0.3, 0.4) is 0 Å². The van der Waals surface area contributed by atoms with Gasteiger partial charge in [-0.1, -0.05) is 0 Å². The van der Waals surface area contributed by atoms with E-state index in [2.05, 4.69) is 25.1 Å². The molecule has 32 heavy (non-hydrogen) atoms. The number of hydrogen-bond donors (Lipinski definition) is 0. The third-order valence-electron chi connectivity index (χ3n) is 5.83. The summed E-state index contributed by atoms with van der Waals surface area (Å²) in [5.41, 5.74) is 3.93. The number of rotatable bonds is 4. The Hall–Kier alpha value is -4.14. The van der Waals surface area contributed by atoms with Crippen molar-refractivity contribution in [3.05, 3.63) is 85.2 Å². The van der Waals surface area contributed by atoms with E-state index in [0.29, 0.717) is 11.3 Å². The Kier molecular flexibility index (Phi) is 4.38. The zero-order chi connectivity index (χ0) is 21.5. The van der Waals surface area contributed by atoms with Crippen molar-refractivity contribution in [1.82, 2.24) is 34.3 Å². The average molecular weight is 426 g/mol. The van der Waals surface area contributed by atoms with Gasteiger partial charge in [-0.25, -0.2) is 18.6 Å². The van der Waals surface area contributed by atoms with Crippen molar-refractivity contribution < 1.29 is 4.39 Å². The molecule has 1 saturated heterocycles. The first kappa shape index (κ1) is 18.6. The normalized spacial score (nSPS) is 16.2. The lowest BCUT2D eigenvalue weighted by molar-refractivity contribution is 0.562. The molecule has 1 atom stereocenters. The molecule has 0 aliphatic carbocycles. The Morgan fingerprint density at radius 2 is 1.88 bits per heavy atom. The zero-order valence-corrected chi connectivity index (χ0v) is 17.1. The largest absolute Gasteiger partial charge is 0.348 e. The monoisotopic (exact) mass is 426 g/mol. The highest BCUT2D eigenvalue weighted by molar-refractivity contribution is 5.65. The summed E-state index contributed by atoms with van der Waals surface area (Å²) in [6.45, 7) is 0.793. The maximum absolute atomic E-state index is 14.4. The highest BCUT2D eigenvalue weighted by Crippen LogP contribution is 2.35. The van der Waals surface area contributed by atoms with E-state index < -0.39 is 0 Å². The van der Waals surface area contributed by atoms with Crippen LogP contribution in [0.15, 0.2) is 73.7 Å². The van der Waals surface area contributed by atoms with E-state index in [-0.39, 0.29) is 11.9 Å².